The Labute approximate surface area is 149 Å². The second-order valence-electron chi connectivity index (χ2n) is 6.20. The molecule has 1 fully saturated rings. The number of benzene rings is 2. The van der Waals surface area contributed by atoms with E-state index in [-0.39, 0.29) is 24.0 Å². The normalized spacial score (nSPS) is 19.4. The van der Waals surface area contributed by atoms with Crippen molar-refractivity contribution in [3.05, 3.63) is 59.7 Å². The highest BCUT2D eigenvalue weighted by Gasteiger charge is 2.44. The molecule has 0 aromatic heterocycles. The van der Waals surface area contributed by atoms with Gasteiger partial charge in [0.05, 0.1) is 11.1 Å². The molecule has 1 atom stereocenters. The average Bonchev–Trinajstić information content (AvgIpc) is 2.87. The Kier molecular flexibility index (Phi) is 3.76. The van der Waals surface area contributed by atoms with Gasteiger partial charge in [0.1, 0.15) is 6.04 Å². The fourth-order valence-electron chi connectivity index (χ4n) is 3.24. The standard InChI is InChI=1S/C19H15N3O4/c23-16-9-8-15(17(24)21-16)22-18(25)13-7-6-12(10-14(13)19(22)26)20-11-4-2-1-3-5-11/h1-7,10,15,20H,8-9H2,(H,21,23,24)/t15-/m1/s1. The lowest BCUT2D eigenvalue weighted by atomic mass is 10.0. The summed E-state index contributed by atoms with van der Waals surface area (Å²) in [6.07, 6.45) is 0.246. The summed E-state index contributed by atoms with van der Waals surface area (Å²) >= 11 is 0. The van der Waals surface area contributed by atoms with Gasteiger partial charge in [-0.15, -0.1) is 0 Å². The zero-order valence-corrected chi connectivity index (χ0v) is 13.7. The summed E-state index contributed by atoms with van der Waals surface area (Å²) in [5, 5.41) is 5.35. The molecule has 0 saturated carbocycles. The van der Waals surface area contributed by atoms with Crippen LogP contribution in [-0.2, 0) is 9.59 Å². The van der Waals surface area contributed by atoms with Crippen molar-refractivity contribution in [1.82, 2.24) is 10.2 Å². The van der Waals surface area contributed by atoms with Crippen molar-refractivity contribution in [2.45, 2.75) is 18.9 Å². The highest BCUT2D eigenvalue weighted by molar-refractivity contribution is 6.23. The van der Waals surface area contributed by atoms with Crippen LogP contribution in [0.1, 0.15) is 33.6 Å². The lowest BCUT2D eigenvalue weighted by molar-refractivity contribution is -0.136. The van der Waals surface area contributed by atoms with Gasteiger partial charge in [-0.3, -0.25) is 29.4 Å². The largest absolute Gasteiger partial charge is 0.356 e. The number of hydrogen-bond donors (Lipinski definition) is 2. The third kappa shape index (κ3) is 2.63. The molecule has 2 aliphatic heterocycles. The van der Waals surface area contributed by atoms with Gasteiger partial charge in [-0.2, -0.15) is 0 Å². The van der Waals surface area contributed by atoms with Crippen molar-refractivity contribution in [2.24, 2.45) is 0 Å². The van der Waals surface area contributed by atoms with Gasteiger partial charge in [0.15, 0.2) is 0 Å². The third-order valence-corrected chi connectivity index (χ3v) is 4.50. The molecule has 2 aliphatic rings. The van der Waals surface area contributed by atoms with Crippen molar-refractivity contribution in [3.8, 4) is 0 Å². The van der Waals surface area contributed by atoms with E-state index in [0.29, 0.717) is 5.69 Å². The first-order chi connectivity index (χ1) is 12.5. The number of amides is 4. The molecule has 4 amide bonds. The maximum absolute atomic E-state index is 12.8. The monoisotopic (exact) mass is 349 g/mol. The maximum Gasteiger partial charge on any atom is 0.262 e. The van der Waals surface area contributed by atoms with Gasteiger partial charge in [-0.1, -0.05) is 18.2 Å². The van der Waals surface area contributed by atoms with Crippen molar-refractivity contribution >= 4 is 35.0 Å². The van der Waals surface area contributed by atoms with Gasteiger partial charge in [-0.05, 0) is 36.8 Å². The number of nitrogens with zero attached hydrogens (tertiary/aromatic N) is 1. The number of anilines is 2. The molecule has 1 saturated heterocycles. The molecule has 2 aromatic carbocycles. The third-order valence-electron chi connectivity index (χ3n) is 4.50. The molecule has 0 bridgehead atoms. The number of hydrogen-bond acceptors (Lipinski definition) is 5. The van der Waals surface area contributed by atoms with Gasteiger partial charge in [-0.25, -0.2) is 0 Å². The molecule has 26 heavy (non-hydrogen) atoms. The fourth-order valence-corrected chi connectivity index (χ4v) is 3.24. The minimum Gasteiger partial charge on any atom is -0.356 e. The molecular weight excluding hydrogens is 334 g/mol. The fraction of sp³-hybridized carbons (Fsp3) is 0.158. The Morgan fingerprint density at radius 1 is 0.885 bits per heavy atom. The number of rotatable bonds is 3. The second-order valence-corrected chi connectivity index (χ2v) is 6.20. The molecule has 2 aromatic rings. The van der Waals surface area contributed by atoms with Gasteiger partial charge < -0.3 is 5.32 Å². The van der Waals surface area contributed by atoms with Crippen LogP contribution in [0.25, 0.3) is 0 Å². The van der Waals surface area contributed by atoms with Crippen LogP contribution in [0, 0.1) is 0 Å². The highest BCUT2D eigenvalue weighted by atomic mass is 16.2. The van der Waals surface area contributed by atoms with E-state index in [0.717, 1.165) is 10.6 Å². The van der Waals surface area contributed by atoms with Crippen LogP contribution in [-0.4, -0.2) is 34.6 Å². The van der Waals surface area contributed by atoms with Gasteiger partial charge >= 0.3 is 0 Å². The number of fused-ring (bicyclic) bond motifs is 1. The van der Waals surface area contributed by atoms with E-state index in [9.17, 15) is 19.2 Å². The van der Waals surface area contributed by atoms with E-state index < -0.39 is 29.7 Å². The summed E-state index contributed by atoms with van der Waals surface area (Å²) in [6, 6.07) is 13.4. The van der Waals surface area contributed by atoms with E-state index in [1.165, 1.54) is 0 Å². The van der Waals surface area contributed by atoms with Crippen molar-refractivity contribution in [3.63, 3.8) is 0 Å². The zero-order valence-electron chi connectivity index (χ0n) is 13.7. The molecule has 7 nitrogen and oxygen atoms in total. The van der Waals surface area contributed by atoms with Crippen LogP contribution in [0.5, 0.6) is 0 Å². The van der Waals surface area contributed by atoms with Crippen molar-refractivity contribution < 1.29 is 19.2 Å². The molecule has 0 aliphatic carbocycles. The van der Waals surface area contributed by atoms with Crippen LogP contribution >= 0.6 is 0 Å². The summed E-state index contributed by atoms with van der Waals surface area (Å²) in [5.74, 6) is -2.03. The van der Waals surface area contributed by atoms with Crippen LogP contribution in [0.15, 0.2) is 48.5 Å². The number of nitrogens with one attached hydrogen (secondary N) is 2. The molecule has 0 radical (unpaired) electrons. The molecular formula is C19H15N3O4. The summed E-state index contributed by atoms with van der Waals surface area (Å²) in [6.45, 7) is 0. The minimum absolute atomic E-state index is 0.102. The van der Waals surface area contributed by atoms with E-state index in [2.05, 4.69) is 10.6 Å². The Balaban J connectivity index is 1.62. The van der Waals surface area contributed by atoms with Crippen LogP contribution < -0.4 is 10.6 Å². The topological polar surface area (TPSA) is 95.6 Å². The first-order valence-electron chi connectivity index (χ1n) is 8.22. The maximum atomic E-state index is 12.8. The van der Waals surface area contributed by atoms with E-state index >= 15 is 0 Å². The van der Waals surface area contributed by atoms with E-state index in [1.54, 1.807) is 18.2 Å². The zero-order chi connectivity index (χ0) is 18.3. The lowest BCUT2D eigenvalue weighted by Crippen LogP contribution is -2.54. The van der Waals surface area contributed by atoms with Crippen molar-refractivity contribution in [2.75, 3.05) is 5.32 Å². The number of piperidine rings is 1. The van der Waals surface area contributed by atoms with Gasteiger partial charge in [0, 0.05) is 17.8 Å². The van der Waals surface area contributed by atoms with Crippen LogP contribution in [0.2, 0.25) is 0 Å². The lowest BCUT2D eigenvalue weighted by Gasteiger charge is -2.27. The van der Waals surface area contributed by atoms with Gasteiger partial charge in [0.2, 0.25) is 11.8 Å². The predicted molar refractivity (Wildman–Crippen MR) is 92.8 cm³/mol. The minimum atomic E-state index is -0.953. The van der Waals surface area contributed by atoms with Gasteiger partial charge in [0.25, 0.3) is 11.8 Å². The van der Waals surface area contributed by atoms with Crippen LogP contribution in [0.3, 0.4) is 0 Å². The van der Waals surface area contributed by atoms with E-state index in [4.69, 9.17) is 0 Å². The number of carbonyl (C=O) groups is 4. The number of para-hydroxylation sites is 1. The average molecular weight is 349 g/mol. The Morgan fingerprint density at radius 3 is 2.35 bits per heavy atom. The smallest absolute Gasteiger partial charge is 0.262 e. The van der Waals surface area contributed by atoms with Crippen molar-refractivity contribution in [1.29, 1.82) is 0 Å². The molecule has 7 heteroatoms. The summed E-state index contributed by atoms with van der Waals surface area (Å²) in [4.78, 5) is 49.7. The summed E-state index contributed by atoms with van der Waals surface area (Å²) < 4.78 is 0. The molecule has 0 unspecified atom stereocenters. The molecule has 0 spiro atoms. The quantitative estimate of drug-likeness (QED) is 0.824. The second kappa shape index (κ2) is 6.11. The van der Waals surface area contributed by atoms with E-state index in [1.807, 2.05) is 30.3 Å². The molecule has 2 N–H and O–H groups in total. The predicted octanol–water partition coefficient (Wildman–Crippen LogP) is 1.83. The first kappa shape index (κ1) is 16.0. The first-order valence-corrected chi connectivity index (χ1v) is 8.22. The Morgan fingerprint density at radius 2 is 1.62 bits per heavy atom. The summed E-state index contributed by atoms with van der Waals surface area (Å²) in [5.41, 5.74) is 2.03. The number of carbonyl (C=O) groups excluding carboxylic acids is 4. The molecule has 2 heterocycles. The Bertz CT molecular complexity index is 939. The Hall–Kier alpha value is -3.48. The highest BCUT2D eigenvalue weighted by Crippen LogP contribution is 2.30. The molecule has 130 valence electrons. The molecule has 4 rings (SSSR count). The number of imide groups is 2. The SMILES string of the molecule is O=C1CC[C@@H](N2C(=O)c3ccc(Nc4ccccc4)cc3C2=O)C(=O)N1. The van der Waals surface area contributed by atoms with Crippen LogP contribution in [0.4, 0.5) is 11.4 Å². The summed E-state index contributed by atoms with van der Waals surface area (Å²) in [7, 11) is 0.